The van der Waals surface area contributed by atoms with Crippen LogP contribution < -0.4 is 15.8 Å². The monoisotopic (exact) mass is 337 g/mol. The lowest BCUT2D eigenvalue weighted by Crippen LogP contribution is -2.34. The van der Waals surface area contributed by atoms with Gasteiger partial charge in [-0.05, 0) is 35.4 Å². The number of urea groups is 1. The molecule has 0 saturated carbocycles. The zero-order valence-electron chi connectivity index (χ0n) is 12.1. The summed E-state index contributed by atoms with van der Waals surface area (Å²) in [6, 6.07) is 11.4. The minimum atomic E-state index is -3.72. The van der Waals surface area contributed by atoms with Gasteiger partial charge in [0.25, 0.3) is 0 Å². The smallest absolute Gasteiger partial charge is 0.315 e. The second-order valence-electron chi connectivity index (χ2n) is 4.86. The number of carbonyl (C=O) groups excluding carboxylic acids is 1. The first kappa shape index (κ1) is 16.9. The van der Waals surface area contributed by atoms with E-state index in [1.165, 1.54) is 24.3 Å². The highest BCUT2D eigenvalue weighted by Crippen LogP contribution is 2.08. The Kier molecular flexibility index (Phi) is 5.30. The second kappa shape index (κ2) is 7.21. The van der Waals surface area contributed by atoms with E-state index in [9.17, 15) is 17.6 Å². The van der Waals surface area contributed by atoms with Gasteiger partial charge in [-0.25, -0.2) is 22.7 Å². The standard InChI is InChI=1S/C15H16FN3O3S/c16-13-3-1-2-12(8-13)10-19-15(20)18-9-11-4-6-14(7-5-11)23(17,21)22/h1-8H,9-10H2,(H2,17,21,22)(H2,18,19,20). The third-order valence-electron chi connectivity index (χ3n) is 3.05. The number of carbonyl (C=O) groups is 1. The molecule has 0 radical (unpaired) electrons. The fraction of sp³-hybridized carbons (Fsp3) is 0.133. The Morgan fingerprint density at radius 1 is 1.00 bits per heavy atom. The number of benzene rings is 2. The first-order valence-electron chi connectivity index (χ1n) is 6.72. The molecule has 6 nitrogen and oxygen atoms in total. The Bertz CT molecular complexity index is 792. The van der Waals surface area contributed by atoms with Gasteiger partial charge in [0, 0.05) is 13.1 Å². The van der Waals surface area contributed by atoms with Crippen LogP contribution in [-0.4, -0.2) is 14.4 Å². The summed E-state index contributed by atoms with van der Waals surface area (Å²) < 4.78 is 35.2. The van der Waals surface area contributed by atoms with Gasteiger partial charge in [-0.3, -0.25) is 0 Å². The predicted molar refractivity (Wildman–Crippen MR) is 83.3 cm³/mol. The molecular weight excluding hydrogens is 321 g/mol. The molecule has 0 spiro atoms. The number of halogens is 1. The van der Waals surface area contributed by atoms with Crippen LogP contribution in [-0.2, 0) is 23.1 Å². The van der Waals surface area contributed by atoms with Gasteiger partial charge in [-0.15, -0.1) is 0 Å². The van der Waals surface area contributed by atoms with Crippen molar-refractivity contribution in [1.82, 2.24) is 10.6 Å². The molecule has 0 fully saturated rings. The van der Waals surface area contributed by atoms with Crippen molar-refractivity contribution in [2.45, 2.75) is 18.0 Å². The maximum Gasteiger partial charge on any atom is 0.315 e. The second-order valence-corrected chi connectivity index (χ2v) is 6.42. The van der Waals surface area contributed by atoms with Crippen LogP contribution in [0.25, 0.3) is 0 Å². The van der Waals surface area contributed by atoms with Crippen LogP contribution in [0.1, 0.15) is 11.1 Å². The number of hydrogen-bond donors (Lipinski definition) is 3. The number of nitrogens with two attached hydrogens (primary N) is 1. The van der Waals surface area contributed by atoms with E-state index in [1.54, 1.807) is 24.3 Å². The normalized spacial score (nSPS) is 11.0. The number of primary sulfonamides is 1. The van der Waals surface area contributed by atoms with Gasteiger partial charge in [-0.1, -0.05) is 24.3 Å². The lowest BCUT2D eigenvalue weighted by molar-refractivity contribution is 0.240. The summed E-state index contributed by atoms with van der Waals surface area (Å²) in [5, 5.41) is 10.2. The lowest BCUT2D eigenvalue weighted by atomic mass is 10.2. The molecule has 0 aliphatic heterocycles. The highest BCUT2D eigenvalue weighted by molar-refractivity contribution is 7.89. The Morgan fingerprint density at radius 3 is 2.17 bits per heavy atom. The fourth-order valence-corrected chi connectivity index (χ4v) is 2.39. The molecule has 4 N–H and O–H groups in total. The zero-order valence-corrected chi connectivity index (χ0v) is 12.9. The van der Waals surface area contributed by atoms with E-state index in [1.807, 2.05) is 0 Å². The molecule has 23 heavy (non-hydrogen) atoms. The molecule has 122 valence electrons. The lowest BCUT2D eigenvalue weighted by Gasteiger charge is -2.08. The quantitative estimate of drug-likeness (QED) is 0.770. The first-order chi connectivity index (χ1) is 10.8. The van der Waals surface area contributed by atoms with E-state index in [0.29, 0.717) is 5.56 Å². The average molecular weight is 337 g/mol. The van der Waals surface area contributed by atoms with Gasteiger partial charge in [0.15, 0.2) is 0 Å². The van der Waals surface area contributed by atoms with Crippen LogP contribution in [0.5, 0.6) is 0 Å². The van der Waals surface area contributed by atoms with Gasteiger partial charge >= 0.3 is 6.03 Å². The Balaban J connectivity index is 1.82. The molecule has 0 aromatic heterocycles. The van der Waals surface area contributed by atoms with Gasteiger partial charge in [-0.2, -0.15) is 0 Å². The van der Waals surface area contributed by atoms with Crippen molar-refractivity contribution in [3.05, 3.63) is 65.5 Å². The third-order valence-corrected chi connectivity index (χ3v) is 3.98. The van der Waals surface area contributed by atoms with E-state index in [0.717, 1.165) is 5.56 Å². The minimum Gasteiger partial charge on any atom is -0.334 e. The third kappa shape index (κ3) is 5.35. The molecule has 0 aliphatic carbocycles. The molecule has 2 aromatic carbocycles. The number of nitrogens with one attached hydrogen (secondary N) is 2. The number of hydrogen-bond acceptors (Lipinski definition) is 3. The maximum absolute atomic E-state index is 13.0. The first-order valence-corrected chi connectivity index (χ1v) is 8.27. The van der Waals surface area contributed by atoms with Gasteiger partial charge in [0.05, 0.1) is 4.90 Å². The molecule has 2 amide bonds. The number of rotatable bonds is 5. The molecule has 0 atom stereocenters. The van der Waals surface area contributed by atoms with Gasteiger partial charge < -0.3 is 10.6 Å². The van der Waals surface area contributed by atoms with Crippen LogP contribution in [0.2, 0.25) is 0 Å². The molecule has 0 saturated heterocycles. The van der Waals surface area contributed by atoms with Crippen molar-refractivity contribution in [2.24, 2.45) is 5.14 Å². The van der Waals surface area contributed by atoms with Crippen LogP contribution in [0.15, 0.2) is 53.4 Å². The Labute approximate surface area is 133 Å². The predicted octanol–water partition coefficient (Wildman–Crippen LogP) is 1.47. The van der Waals surface area contributed by atoms with Crippen molar-refractivity contribution in [2.75, 3.05) is 0 Å². The zero-order chi connectivity index (χ0) is 16.9. The summed E-state index contributed by atoms with van der Waals surface area (Å²) in [6.45, 7) is 0.424. The Morgan fingerprint density at radius 2 is 1.61 bits per heavy atom. The summed E-state index contributed by atoms with van der Waals surface area (Å²) in [7, 11) is -3.72. The van der Waals surface area contributed by atoms with Crippen molar-refractivity contribution < 1.29 is 17.6 Å². The molecule has 0 bridgehead atoms. The average Bonchev–Trinajstić information content (AvgIpc) is 2.50. The van der Waals surface area contributed by atoms with Crippen LogP contribution in [0.3, 0.4) is 0 Å². The summed E-state index contributed by atoms with van der Waals surface area (Å²) >= 11 is 0. The van der Waals surface area contributed by atoms with Crippen LogP contribution in [0.4, 0.5) is 9.18 Å². The van der Waals surface area contributed by atoms with E-state index in [-0.39, 0.29) is 23.8 Å². The minimum absolute atomic E-state index is 0.0109. The number of amides is 2. The summed E-state index contributed by atoms with van der Waals surface area (Å²) in [6.07, 6.45) is 0. The van der Waals surface area contributed by atoms with E-state index < -0.39 is 16.1 Å². The number of sulfonamides is 1. The molecule has 2 rings (SSSR count). The summed E-state index contributed by atoms with van der Waals surface area (Å²) in [5.41, 5.74) is 1.37. The maximum atomic E-state index is 13.0. The highest BCUT2D eigenvalue weighted by Gasteiger charge is 2.07. The molecule has 0 heterocycles. The molecular formula is C15H16FN3O3S. The largest absolute Gasteiger partial charge is 0.334 e. The van der Waals surface area contributed by atoms with E-state index in [2.05, 4.69) is 10.6 Å². The van der Waals surface area contributed by atoms with Crippen LogP contribution >= 0.6 is 0 Å². The van der Waals surface area contributed by atoms with Crippen molar-refractivity contribution >= 4 is 16.1 Å². The molecule has 0 aliphatic rings. The molecule has 0 unspecified atom stereocenters. The van der Waals surface area contributed by atoms with Gasteiger partial charge in [0.1, 0.15) is 5.82 Å². The van der Waals surface area contributed by atoms with Crippen molar-refractivity contribution in [3.8, 4) is 0 Å². The molecule has 2 aromatic rings. The molecule has 8 heteroatoms. The van der Waals surface area contributed by atoms with E-state index in [4.69, 9.17) is 5.14 Å². The van der Waals surface area contributed by atoms with Crippen molar-refractivity contribution in [1.29, 1.82) is 0 Å². The fourth-order valence-electron chi connectivity index (χ4n) is 1.87. The van der Waals surface area contributed by atoms with E-state index >= 15 is 0 Å². The highest BCUT2D eigenvalue weighted by atomic mass is 32.2. The van der Waals surface area contributed by atoms with Gasteiger partial charge in [0.2, 0.25) is 10.0 Å². The summed E-state index contributed by atoms with van der Waals surface area (Å²) in [5.74, 6) is -0.361. The Hall–Kier alpha value is -2.45. The summed E-state index contributed by atoms with van der Waals surface area (Å²) in [4.78, 5) is 11.7. The topological polar surface area (TPSA) is 101 Å². The SMILES string of the molecule is NS(=O)(=O)c1ccc(CNC(=O)NCc2cccc(F)c2)cc1. The van der Waals surface area contributed by atoms with Crippen LogP contribution in [0, 0.1) is 5.82 Å². The van der Waals surface area contributed by atoms with Crippen molar-refractivity contribution in [3.63, 3.8) is 0 Å².